The number of hydrogen-bond acceptors (Lipinski definition) is 6. The number of likely N-dealkylation sites (tertiary alicyclic amines) is 1. The van der Waals surface area contributed by atoms with E-state index >= 15 is 0 Å². The molecule has 3 rings (SSSR count). The van der Waals surface area contributed by atoms with Gasteiger partial charge in [-0.15, -0.1) is 0 Å². The van der Waals surface area contributed by atoms with Crippen LogP contribution in [0.4, 0.5) is 0 Å². The van der Waals surface area contributed by atoms with Crippen molar-refractivity contribution in [3.63, 3.8) is 0 Å². The molecule has 33 heavy (non-hydrogen) atoms. The summed E-state index contributed by atoms with van der Waals surface area (Å²) in [6, 6.07) is 11.9. The Balaban J connectivity index is 2.18. The van der Waals surface area contributed by atoms with Gasteiger partial charge in [0.2, 0.25) is 0 Å². The van der Waals surface area contributed by atoms with Crippen LogP contribution in [-0.2, 0) is 14.3 Å². The van der Waals surface area contributed by atoms with Gasteiger partial charge in [-0.1, -0.05) is 24.3 Å². The Hall–Kier alpha value is -3.32. The van der Waals surface area contributed by atoms with Crippen molar-refractivity contribution in [1.82, 2.24) is 4.90 Å². The van der Waals surface area contributed by atoms with E-state index in [1.54, 1.807) is 25.3 Å². The molecular formula is C26H31NO6. The number of ketones is 1. The zero-order valence-electron chi connectivity index (χ0n) is 19.6. The van der Waals surface area contributed by atoms with Crippen LogP contribution in [0.3, 0.4) is 0 Å². The van der Waals surface area contributed by atoms with E-state index in [9.17, 15) is 14.7 Å². The Morgan fingerprint density at radius 2 is 1.79 bits per heavy atom. The molecule has 0 spiro atoms. The first-order valence-corrected chi connectivity index (χ1v) is 11.2. The third-order valence-corrected chi connectivity index (χ3v) is 5.59. The molecule has 176 valence electrons. The lowest BCUT2D eigenvalue weighted by Crippen LogP contribution is -2.31. The number of amides is 1. The molecule has 1 heterocycles. The van der Waals surface area contributed by atoms with E-state index in [2.05, 4.69) is 0 Å². The molecule has 1 aliphatic rings. The van der Waals surface area contributed by atoms with Crippen LogP contribution >= 0.6 is 0 Å². The molecule has 1 unspecified atom stereocenters. The van der Waals surface area contributed by atoms with Crippen molar-refractivity contribution in [2.24, 2.45) is 0 Å². The minimum Gasteiger partial charge on any atom is -0.507 e. The summed E-state index contributed by atoms with van der Waals surface area (Å²) in [6.45, 7) is 7.26. The Morgan fingerprint density at radius 3 is 2.45 bits per heavy atom. The van der Waals surface area contributed by atoms with E-state index in [1.165, 1.54) is 4.90 Å². The van der Waals surface area contributed by atoms with Crippen molar-refractivity contribution in [3.05, 3.63) is 64.7 Å². The molecule has 0 aromatic heterocycles. The molecule has 0 saturated carbocycles. The molecule has 2 aromatic rings. The lowest BCUT2D eigenvalue weighted by Gasteiger charge is -2.26. The minimum absolute atomic E-state index is 0.0526. The van der Waals surface area contributed by atoms with Gasteiger partial charge in [-0.2, -0.15) is 0 Å². The van der Waals surface area contributed by atoms with Gasteiger partial charge in [0.05, 0.1) is 30.4 Å². The van der Waals surface area contributed by atoms with Crippen molar-refractivity contribution in [2.75, 3.05) is 33.5 Å². The predicted molar refractivity (Wildman–Crippen MR) is 125 cm³/mol. The maximum absolute atomic E-state index is 13.2. The van der Waals surface area contributed by atoms with Crippen LogP contribution in [0.25, 0.3) is 5.76 Å². The van der Waals surface area contributed by atoms with Crippen LogP contribution in [0.5, 0.6) is 11.5 Å². The van der Waals surface area contributed by atoms with Crippen molar-refractivity contribution in [1.29, 1.82) is 0 Å². The molecular weight excluding hydrogens is 422 g/mol. The number of Topliss-reactive ketones (excluding diaryl/α,β-unsaturated/α-hetero) is 1. The van der Waals surface area contributed by atoms with Crippen molar-refractivity contribution in [2.45, 2.75) is 33.2 Å². The van der Waals surface area contributed by atoms with Gasteiger partial charge in [0.1, 0.15) is 17.3 Å². The molecule has 0 aliphatic carbocycles. The van der Waals surface area contributed by atoms with Crippen molar-refractivity contribution in [3.8, 4) is 11.5 Å². The fraction of sp³-hybridized carbons (Fsp3) is 0.385. The number of carbonyl (C=O) groups is 2. The zero-order chi connectivity index (χ0) is 24.0. The van der Waals surface area contributed by atoms with Gasteiger partial charge in [-0.25, -0.2) is 0 Å². The number of aryl methyl sites for hydroxylation is 1. The number of benzene rings is 2. The minimum atomic E-state index is -0.713. The van der Waals surface area contributed by atoms with Gasteiger partial charge in [0.15, 0.2) is 0 Å². The number of carbonyl (C=O) groups excluding carboxylic acids is 2. The highest BCUT2D eigenvalue weighted by Crippen LogP contribution is 2.42. The highest BCUT2D eigenvalue weighted by atomic mass is 16.5. The lowest BCUT2D eigenvalue weighted by atomic mass is 9.92. The van der Waals surface area contributed by atoms with Crippen LogP contribution in [-0.4, -0.2) is 55.2 Å². The number of nitrogens with zero attached hydrogens (tertiary/aromatic N) is 1. The smallest absolute Gasteiger partial charge is 0.295 e. The zero-order valence-corrected chi connectivity index (χ0v) is 19.6. The van der Waals surface area contributed by atoms with E-state index in [0.29, 0.717) is 49.8 Å². The van der Waals surface area contributed by atoms with Gasteiger partial charge in [-0.3, -0.25) is 9.59 Å². The Kier molecular flexibility index (Phi) is 8.11. The average molecular weight is 454 g/mol. The quantitative estimate of drug-likeness (QED) is 0.251. The average Bonchev–Trinajstić information content (AvgIpc) is 3.05. The van der Waals surface area contributed by atoms with E-state index in [0.717, 1.165) is 11.1 Å². The summed E-state index contributed by atoms with van der Waals surface area (Å²) >= 11 is 0. The summed E-state index contributed by atoms with van der Waals surface area (Å²) in [5.41, 5.74) is 2.11. The van der Waals surface area contributed by atoms with Crippen LogP contribution in [0, 0.1) is 6.92 Å². The largest absolute Gasteiger partial charge is 0.507 e. The van der Waals surface area contributed by atoms with Crippen LogP contribution in [0.15, 0.2) is 48.0 Å². The third-order valence-electron chi connectivity index (χ3n) is 5.59. The summed E-state index contributed by atoms with van der Waals surface area (Å²) in [7, 11) is 1.59. The summed E-state index contributed by atoms with van der Waals surface area (Å²) in [4.78, 5) is 27.7. The van der Waals surface area contributed by atoms with Crippen molar-refractivity contribution >= 4 is 17.4 Å². The highest BCUT2D eigenvalue weighted by Gasteiger charge is 2.46. The monoisotopic (exact) mass is 453 g/mol. The summed E-state index contributed by atoms with van der Waals surface area (Å²) < 4.78 is 16.4. The molecule has 1 amide bonds. The van der Waals surface area contributed by atoms with Gasteiger partial charge >= 0.3 is 0 Å². The highest BCUT2D eigenvalue weighted by molar-refractivity contribution is 6.46. The molecule has 1 atom stereocenters. The number of ether oxygens (including phenoxy) is 3. The van der Waals surface area contributed by atoms with E-state index in [-0.39, 0.29) is 11.3 Å². The lowest BCUT2D eigenvalue weighted by molar-refractivity contribution is -0.140. The maximum Gasteiger partial charge on any atom is 0.295 e. The van der Waals surface area contributed by atoms with Gasteiger partial charge in [0, 0.05) is 26.3 Å². The first-order chi connectivity index (χ1) is 15.9. The van der Waals surface area contributed by atoms with Crippen LogP contribution < -0.4 is 9.47 Å². The summed E-state index contributed by atoms with van der Waals surface area (Å²) in [5.74, 6) is -0.635. The third kappa shape index (κ3) is 5.03. The van der Waals surface area contributed by atoms with Crippen molar-refractivity contribution < 1.29 is 28.9 Å². The van der Waals surface area contributed by atoms with E-state index in [4.69, 9.17) is 14.2 Å². The second-order valence-electron chi connectivity index (χ2n) is 7.72. The Bertz CT molecular complexity index is 1040. The number of rotatable bonds is 10. The van der Waals surface area contributed by atoms with Gasteiger partial charge in [-0.05, 0) is 50.5 Å². The van der Waals surface area contributed by atoms with E-state index < -0.39 is 17.7 Å². The Labute approximate surface area is 194 Å². The number of aliphatic hydroxyl groups excluding tert-OH is 1. The molecule has 1 saturated heterocycles. The number of hydrogen-bond donors (Lipinski definition) is 1. The fourth-order valence-electron chi connectivity index (χ4n) is 4.08. The van der Waals surface area contributed by atoms with Crippen LogP contribution in [0.1, 0.15) is 43.0 Å². The number of methoxy groups -OCH3 is 1. The molecule has 1 N–H and O–H groups in total. The first kappa shape index (κ1) is 24.3. The summed E-state index contributed by atoms with van der Waals surface area (Å²) in [6.07, 6.45) is 0.569. The molecule has 7 nitrogen and oxygen atoms in total. The standard InChI is InChI=1S/C26H31NO6/c1-5-32-18-12-13-20(21(16-18)33-6-2)24(28)22-23(19-11-8-7-10-17(19)3)27(14-9-15-31-4)26(30)25(22)29/h7-8,10-13,16,23,28H,5-6,9,14-15H2,1-4H3/b24-22+. The van der Waals surface area contributed by atoms with Gasteiger partial charge in [0.25, 0.3) is 11.7 Å². The molecule has 2 aromatic carbocycles. The second kappa shape index (κ2) is 11.0. The first-order valence-electron chi connectivity index (χ1n) is 11.2. The molecule has 1 aliphatic heterocycles. The molecule has 1 fully saturated rings. The normalized spacial score (nSPS) is 17.5. The number of aliphatic hydroxyl groups is 1. The molecule has 7 heteroatoms. The Morgan fingerprint density at radius 1 is 1.06 bits per heavy atom. The summed E-state index contributed by atoms with van der Waals surface area (Å²) in [5, 5.41) is 11.4. The SMILES string of the molecule is CCOc1ccc(/C(O)=C2\C(=O)C(=O)N(CCCOC)C2c2ccccc2C)c(OCC)c1. The predicted octanol–water partition coefficient (Wildman–Crippen LogP) is 4.25. The topological polar surface area (TPSA) is 85.3 Å². The van der Waals surface area contributed by atoms with Crippen LogP contribution in [0.2, 0.25) is 0 Å². The molecule has 0 radical (unpaired) electrons. The molecule has 0 bridgehead atoms. The van der Waals surface area contributed by atoms with Gasteiger partial charge < -0.3 is 24.2 Å². The fourth-order valence-corrected chi connectivity index (χ4v) is 4.08. The maximum atomic E-state index is 13.2. The second-order valence-corrected chi connectivity index (χ2v) is 7.72. The van der Waals surface area contributed by atoms with E-state index in [1.807, 2.05) is 45.0 Å².